The van der Waals surface area contributed by atoms with Crippen molar-refractivity contribution in [2.24, 2.45) is 0 Å². The molecular formula is C22H22F2IN5O. The molecule has 2 unspecified atom stereocenters. The third kappa shape index (κ3) is 3.82. The van der Waals surface area contributed by atoms with Crippen molar-refractivity contribution in [1.29, 1.82) is 0 Å². The van der Waals surface area contributed by atoms with E-state index in [1.54, 1.807) is 18.3 Å². The van der Waals surface area contributed by atoms with E-state index in [9.17, 15) is 8.78 Å². The highest BCUT2D eigenvalue weighted by atomic mass is 127. The molecule has 0 aliphatic carbocycles. The van der Waals surface area contributed by atoms with Gasteiger partial charge in [0, 0.05) is 47.4 Å². The predicted octanol–water partition coefficient (Wildman–Crippen LogP) is 4.69. The highest BCUT2D eigenvalue weighted by Crippen LogP contribution is 2.46. The Morgan fingerprint density at radius 3 is 2.68 bits per heavy atom. The van der Waals surface area contributed by atoms with Crippen LogP contribution in [0.5, 0.6) is 0 Å². The number of aromatic nitrogens is 3. The summed E-state index contributed by atoms with van der Waals surface area (Å²) in [5, 5.41) is 0.829. The van der Waals surface area contributed by atoms with Gasteiger partial charge in [0.2, 0.25) is 5.95 Å². The van der Waals surface area contributed by atoms with Gasteiger partial charge in [0.15, 0.2) is 5.65 Å². The molecule has 2 aliphatic rings. The molecule has 0 amide bonds. The minimum Gasteiger partial charge on any atom is -0.377 e. The number of nitrogens with zero attached hydrogens (tertiary/aromatic N) is 5. The molecule has 2 fully saturated rings. The van der Waals surface area contributed by atoms with Gasteiger partial charge in [-0.3, -0.25) is 0 Å². The summed E-state index contributed by atoms with van der Waals surface area (Å²) in [6.07, 6.45) is 2.50. The van der Waals surface area contributed by atoms with Crippen molar-refractivity contribution < 1.29 is 13.5 Å². The second kappa shape index (κ2) is 8.09. The zero-order valence-corrected chi connectivity index (χ0v) is 19.2. The minimum absolute atomic E-state index is 0.0591. The Bertz CT molecular complexity index is 1110. The molecule has 2 saturated heterocycles. The van der Waals surface area contributed by atoms with Crippen LogP contribution in [0.25, 0.3) is 11.0 Å². The molecule has 3 aromatic rings. The van der Waals surface area contributed by atoms with Crippen LogP contribution in [0.4, 0.5) is 20.5 Å². The van der Waals surface area contributed by atoms with Gasteiger partial charge in [-0.1, -0.05) is 24.3 Å². The molecule has 31 heavy (non-hydrogen) atoms. The Morgan fingerprint density at radius 2 is 1.94 bits per heavy atom. The Balaban J connectivity index is 1.59. The molecule has 1 aromatic carbocycles. The van der Waals surface area contributed by atoms with E-state index in [1.807, 2.05) is 18.2 Å². The molecule has 0 N–H and O–H groups in total. The van der Waals surface area contributed by atoms with Gasteiger partial charge in [-0.05, 0) is 31.0 Å². The summed E-state index contributed by atoms with van der Waals surface area (Å²) in [7, 11) is 0. The predicted molar refractivity (Wildman–Crippen MR) is 124 cm³/mol. The molecule has 0 spiro atoms. The lowest BCUT2D eigenvalue weighted by Crippen LogP contribution is -2.46. The molecule has 9 heteroatoms. The van der Waals surface area contributed by atoms with E-state index in [4.69, 9.17) is 14.7 Å². The monoisotopic (exact) mass is 537 g/mol. The molecule has 6 nitrogen and oxygen atoms in total. The molecule has 4 heterocycles. The van der Waals surface area contributed by atoms with E-state index in [-0.39, 0.29) is 17.6 Å². The van der Waals surface area contributed by atoms with Crippen LogP contribution in [0.15, 0.2) is 42.6 Å². The van der Waals surface area contributed by atoms with E-state index < -0.39 is 3.93 Å². The summed E-state index contributed by atoms with van der Waals surface area (Å²) in [4.78, 5) is 18.3. The Morgan fingerprint density at radius 1 is 1.10 bits per heavy atom. The number of benzene rings is 1. The molecule has 162 valence electrons. The zero-order chi connectivity index (χ0) is 21.6. The fourth-order valence-electron chi connectivity index (χ4n) is 4.32. The van der Waals surface area contributed by atoms with Crippen molar-refractivity contribution in [1.82, 2.24) is 15.0 Å². The summed E-state index contributed by atoms with van der Waals surface area (Å²) in [5.41, 5.74) is 1.31. The van der Waals surface area contributed by atoms with Gasteiger partial charge in [-0.2, -0.15) is 18.7 Å². The van der Waals surface area contributed by atoms with Crippen LogP contribution in [-0.2, 0) is 8.67 Å². The number of rotatable bonds is 4. The topological polar surface area (TPSA) is 54.4 Å². The normalized spacial score (nSPS) is 21.9. The highest BCUT2D eigenvalue weighted by Gasteiger charge is 2.39. The Hall–Kier alpha value is -2.14. The van der Waals surface area contributed by atoms with E-state index in [0.717, 1.165) is 24.2 Å². The van der Waals surface area contributed by atoms with Crippen molar-refractivity contribution in [3.63, 3.8) is 0 Å². The third-order valence-electron chi connectivity index (χ3n) is 5.98. The van der Waals surface area contributed by atoms with Crippen LogP contribution >= 0.6 is 22.6 Å². The van der Waals surface area contributed by atoms with Crippen LogP contribution in [0, 0.1) is 0 Å². The molecule has 0 saturated carbocycles. The first kappa shape index (κ1) is 20.7. The largest absolute Gasteiger partial charge is 0.377 e. The second-order valence-corrected chi connectivity index (χ2v) is 9.28. The number of hydrogen-bond acceptors (Lipinski definition) is 6. The fraction of sp³-hybridized carbons (Fsp3) is 0.409. The second-order valence-electron chi connectivity index (χ2n) is 7.92. The number of pyridine rings is 1. The number of ether oxygens (including phenoxy) is 1. The Kier molecular flexibility index (Phi) is 5.41. The highest BCUT2D eigenvalue weighted by molar-refractivity contribution is 14.1. The SMILES string of the molecule is CC1COCCN1c1nc(N2CCC2c2ccccc2C(F)(F)I)c2cccnc2n1. The van der Waals surface area contributed by atoms with E-state index in [2.05, 4.69) is 21.7 Å². The first-order valence-corrected chi connectivity index (χ1v) is 11.4. The fourth-order valence-corrected chi connectivity index (χ4v) is 4.81. The maximum absolute atomic E-state index is 14.3. The van der Waals surface area contributed by atoms with Crippen LogP contribution in [0.3, 0.4) is 0 Å². The number of fused-ring (bicyclic) bond motifs is 1. The van der Waals surface area contributed by atoms with Gasteiger partial charge in [0.1, 0.15) is 5.82 Å². The number of morpholine rings is 1. The van der Waals surface area contributed by atoms with Gasteiger partial charge in [0.05, 0.1) is 30.7 Å². The van der Waals surface area contributed by atoms with E-state index >= 15 is 0 Å². The first-order chi connectivity index (χ1) is 14.9. The summed E-state index contributed by atoms with van der Waals surface area (Å²) < 4.78 is 31.2. The lowest BCUT2D eigenvalue weighted by molar-refractivity contribution is 0.0981. The summed E-state index contributed by atoms with van der Waals surface area (Å²) in [5.74, 6) is 1.35. The van der Waals surface area contributed by atoms with Gasteiger partial charge in [-0.25, -0.2) is 4.98 Å². The van der Waals surface area contributed by atoms with Crippen molar-refractivity contribution in [3.8, 4) is 0 Å². The molecule has 2 aliphatic heterocycles. The van der Waals surface area contributed by atoms with E-state index in [1.165, 1.54) is 28.7 Å². The van der Waals surface area contributed by atoms with Gasteiger partial charge < -0.3 is 14.5 Å². The van der Waals surface area contributed by atoms with Crippen LogP contribution in [0.2, 0.25) is 0 Å². The lowest BCUT2D eigenvalue weighted by atomic mass is 9.90. The standard InChI is InChI=1S/C22H22F2IN5O/c1-14-13-31-12-11-29(14)21-27-19-16(6-4-9-26-19)20(28-21)30-10-8-18(30)15-5-2-3-7-17(15)22(23,24)25/h2-7,9,14,18H,8,10-13H2,1H3. The maximum atomic E-state index is 14.3. The van der Waals surface area contributed by atoms with Crippen LogP contribution in [0.1, 0.15) is 30.5 Å². The molecule has 2 atom stereocenters. The molecular weight excluding hydrogens is 515 g/mol. The summed E-state index contributed by atoms with van der Waals surface area (Å²) >= 11 is 1.21. The first-order valence-electron chi connectivity index (χ1n) is 10.3. The van der Waals surface area contributed by atoms with Crippen molar-refractivity contribution in [2.45, 2.75) is 29.4 Å². The summed E-state index contributed by atoms with van der Waals surface area (Å²) in [6.45, 7) is 4.75. The summed E-state index contributed by atoms with van der Waals surface area (Å²) in [6, 6.07) is 10.6. The van der Waals surface area contributed by atoms with Gasteiger partial charge >= 0.3 is 3.93 Å². The average Bonchev–Trinajstić information content (AvgIpc) is 2.73. The third-order valence-corrected chi connectivity index (χ3v) is 6.56. The average molecular weight is 537 g/mol. The number of hydrogen-bond donors (Lipinski definition) is 0. The quantitative estimate of drug-likeness (QED) is 0.356. The lowest BCUT2D eigenvalue weighted by Gasteiger charge is -2.44. The van der Waals surface area contributed by atoms with Crippen molar-refractivity contribution >= 4 is 45.4 Å². The van der Waals surface area contributed by atoms with E-state index in [0.29, 0.717) is 36.9 Å². The zero-order valence-electron chi connectivity index (χ0n) is 17.0. The number of anilines is 2. The maximum Gasteiger partial charge on any atom is 0.321 e. The molecule has 5 rings (SSSR count). The molecule has 2 aromatic heterocycles. The van der Waals surface area contributed by atoms with Crippen LogP contribution < -0.4 is 9.80 Å². The number of halogens is 3. The van der Waals surface area contributed by atoms with Gasteiger partial charge in [-0.15, -0.1) is 0 Å². The smallest absolute Gasteiger partial charge is 0.321 e. The van der Waals surface area contributed by atoms with Crippen molar-refractivity contribution in [3.05, 3.63) is 53.7 Å². The number of alkyl halides is 3. The van der Waals surface area contributed by atoms with Crippen molar-refractivity contribution in [2.75, 3.05) is 36.1 Å². The Labute approximate surface area is 192 Å². The molecule has 0 radical (unpaired) electrons. The molecule has 0 bridgehead atoms. The van der Waals surface area contributed by atoms with Gasteiger partial charge in [0.25, 0.3) is 0 Å². The van der Waals surface area contributed by atoms with Crippen LogP contribution in [-0.4, -0.2) is 47.3 Å². The minimum atomic E-state index is -2.93.